The summed E-state index contributed by atoms with van der Waals surface area (Å²) < 4.78 is 1.18. The van der Waals surface area contributed by atoms with Gasteiger partial charge in [-0.05, 0) is 53.1 Å². The number of nitrogens with one attached hydrogen (secondary N) is 1. The number of nitrogens with two attached hydrogens (primary N) is 1. The first-order chi connectivity index (χ1) is 9.24. The molecule has 0 radical (unpaired) electrons. The summed E-state index contributed by atoms with van der Waals surface area (Å²) in [6.45, 7) is 3.79. The molecule has 1 aromatic rings. The summed E-state index contributed by atoms with van der Waals surface area (Å²) >= 11 is 5.44. The average molecular weight is 344 g/mol. The highest BCUT2D eigenvalue weighted by Gasteiger charge is 1.98. The molecule has 0 aliphatic carbocycles. The maximum Gasteiger partial charge on any atom is 0.188 e. The van der Waals surface area contributed by atoms with Crippen LogP contribution in [0.25, 0.3) is 0 Å². The molecule has 3 nitrogen and oxygen atoms in total. The fraction of sp³-hybridized carbons (Fsp3) is 0.500. The van der Waals surface area contributed by atoms with Gasteiger partial charge in [0.1, 0.15) is 0 Å². The van der Waals surface area contributed by atoms with E-state index in [9.17, 15) is 0 Å². The molecule has 0 aliphatic rings. The molecule has 1 rings (SSSR count). The Balaban J connectivity index is 2.07. The monoisotopic (exact) mass is 343 g/mol. The first-order valence-corrected chi connectivity index (χ1v) is 8.43. The van der Waals surface area contributed by atoms with E-state index in [1.165, 1.54) is 15.8 Å². The number of benzene rings is 1. The molecule has 0 aromatic heterocycles. The number of halogens is 1. The zero-order valence-electron chi connectivity index (χ0n) is 11.4. The summed E-state index contributed by atoms with van der Waals surface area (Å²) in [5.41, 5.74) is 5.71. The van der Waals surface area contributed by atoms with Gasteiger partial charge in [0.2, 0.25) is 0 Å². The van der Waals surface area contributed by atoms with Crippen molar-refractivity contribution in [1.82, 2.24) is 5.32 Å². The van der Waals surface area contributed by atoms with Crippen LogP contribution in [0.5, 0.6) is 0 Å². The Morgan fingerprint density at radius 2 is 2.16 bits per heavy atom. The number of unbranched alkanes of at least 4 members (excludes halogenated alkanes) is 1. The second kappa shape index (κ2) is 10.1. The van der Waals surface area contributed by atoms with Crippen molar-refractivity contribution in [3.05, 3.63) is 28.7 Å². The number of guanidine groups is 1. The molecule has 0 spiro atoms. The van der Waals surface area contributed by atoms with Crippen molar-refractivity contribution in [2.45, 2.75) is 31.1 Å². The molecule has 5 heteroatoms. The summed E-state index contributed by atoms with van der Waals surface area (Å²) in [6.07, 6.45) is 3.31. The van der Waals surface area contributed by atoms with Crippen LogP contribution in [0.4, 0.5) is 0 Å². The van der Waals surface area contributed by atoms with E-state index >= 15 is 0 Å². The number of hydrogen-bond donors (Lipinski definition) is 2. The van der Waals surface area contributed by atoms with E-state index < -0.39 is 0 Å². The number of thioether (sulfide) groups is 1. The summed E-state index contributed by atoms with van der Waals surface area (Å²) in [5, 5.41) is 3.14. The fourth-order valence-corrected chi connectivity index (χ4v) is 3.05. The molecule has 0 bridgehead atoms. The molecule has 0 amide bonds. The number of nitrogens with zero attached hydrogens (tertiary/aromatic N) is 1. The van der Waals surface area contributed by atoms with Crippen LogP contribution in [0.2, 0.25) is 0 Å². The van der Waals surface area contributed by atoms with Gasteiger partial charge in [-0.25, -0.2) is 0 Å². The largest absolute Gasteiger partial charge is 0.370 e. The Hall–Kier alpha value is -0.680. The van der Waals surface area contributed by atoms with Crippen molar-refractivity contribution in [2.75, 3.05) is 18.8 Å². The SMILES string of the molecule is CCCN=C(N)NCCCCSc1ccccc1Br. The standard InChI is InChI=1S/C14H22BrN3S/c1-2-9-17-14(16)18-10-5-6-11-19-13-8-4-3-7-12(13)15/h3-4,7-8H,2,5-6,9-11H2,1H3,(H3,16,17,18). The molecule has 106 valence electrons. The minimum absolute atomic E-state index is 0.570. The molecule has 0 unspecified atom stereocenters. The van der Waals surface area contributed by atoms with Gasteiger partial charge in [-0.15, -0.1) is 11.8 Å². The second-order valence-corrected chi connectivity index (χ2v) is 6.17. The normalized spacial score (nSPS) is 11.6. The van der Waals surface area contributed by atoms with Gasteiger partial charge >= 0.3 is 0 Å². The van der Waals surface area contributed by atoms with Crippen molar-refractivity contribution in [3.8, 4) is 0 Å². The van der Waals surface area contributed by atoms with E-state index in [4.69, 9.17) is 5.73 Å². The van der Waals surface area contributed by atoms with Gasteiger partial charge in [0, 0.05) is 22.5 Å². The quantitative estimate of drug-likeness (QED) is 0.328. The van der Waals surface area contributed by atoms with Gasteiger partial charge in [-0.1, -0.05) is 19.1 Å². The third-order valence-corrected chi connectivity index (χ3v) is 4.59. The van der Waals surface area contributed by atoms with Gasteiger partial charge < -0.3 is 11.1 Å². The van der Waals surface area contributed by atoms with E-state index in [0.717, 1.165) is 31.7 Å². The van der Waals surface area contributed by atoms with Crippen molar-refractivity contribution in [1.29, 1.82) is 0 Å². The molecular formula is C14H22BrN3S. The predicted octanol–water partition coefficient (Wildman–Crippen LogP) is 3.64. The Morgan fingerprint density at radius 1 is 1.37 bits per heavy atom. The zero-order chi connectivity index (χ0) is 13.9. The molecule has 0 saturated carbocycles. The highest BCUT2D eigenvalue weighted by atomic mass is 79.9. The third kappa shape index (κ3) is 7.47. The molecule has 0 aliphatic heterocycles. The summed E-state index contributed by atoms with van der Waals surface area (Å²) in [4.78, 5) is 5.50. The minimum Gasteiger partial charge on any atom is -0.370 e. The fourth-order valence-electron chi connectivity index (χ4n) is 1.48. The van der Waals surface area contributed by atoms with Crippen LogP contribution < -0.4 is 11.1 Å². The molecule has 0 heterocycles. The summed E-state index contributed by atoms with van der Waals surface area (Å²) in [6, 6.07) is 8.33. The van der Waals surface area contributed by atoms with Gasteiger partial charge in [0.25, 0.3) is 0 Å². The van der Waals surface area contributed by atoms with Crippen LogP contribution >= 0.6 is 27.7 Å². The molecule has 0 fully saturated rings. The van der Waals surface area contributed by atoms with E-state index in [-0.39, 0.29) is 0 Å². The van der Waals surface area contributed by atoms with Crippen LogP contribution in [-0.2, 0) is 0 Å². The molecule has 19 heavy (non-hydrogen) atoms. The van der Waals surface area contributed by atoms with E-state index in [2.05, 4.69) is 51.4 Å². The Bertz CT molecular complexity index is 396. The van der Waals surface area contributed by atoms with Crippen molar-refractivity contribution < 1.29 is 0 Å². The maximum atomic E-state index is 5.71. The van der Waals surface area contributed by atoms with Gasteiger partial charge in [0.15, 0.2) is 5.96 Å². The van der Waals surface area contributed by atoms with Crippen LogP contribution in [0.1, 0.15) is 26.2 Å². The first-order valence-electron chi connectivity index (χ1n) is 6.65. The Labute approximate surface area is 128 Å². The lowest BCUT2D eigenvalue weighted by Gasteiger charge is -2.06. The van der Waals surface area contributed by atoms with Crippen LogP contribution in [0.3, 0.4) is 0 Å². The lowest BCUT2D eigenvalue weighted by atomic mass is 10.3. The summed E-state index contributed by atoms with van der Waals surface area (Å²) in [5.74, 6) is 1.69. The number of rotatable bonds is 8. The van der Waals surface area contributed by atoms with Crippen LogP contribution in [0.15, 0.2) is 38.6 Å². The van der Waals surface area contributed by atoms with E-state index in [1.807, 2.05) is 17.8 Å². The Kier molecular flexibility index (Phi) is 8.75. The minimum atomic E-state index is 0.570. The summed E-state index contributed by atoms with van der Waals surface area (Å²) in [7, 11) is 0. The molecule has 3 N–H and O–H groups in total. The smallest absolute Gasteiger partial charge is 0.188 e. The maximum absolute atomic E-state index is 5.71. The topological polar surface area (TPSA) is 50.4 Å². The average Bonchev–Trinajstić information content (AvgIpc) is 2.42. The van der Waals surface area contributed by atoms with Crippen LogP contribution in [0, 0.1) is 0 Å². The number of aliphatic imine (C=N–C) groups is 1. The first kappa shape index (κ1) is 16.4. The highest BCUT2D eigenvalue weighted by molar-refractivity contribution is 9.10. The van der Waals surface area contributed by atoms with Crippen LogP contribution in [-0.4, -0.2) is 24.8 Å². The van der Waals surface area contributed by atoms with Crippen molar-refractivity contribution in [2.24, 2.45) is 10.7 Å². The molecule has 0 saturated heterocycles. The lowest BCUT2D eigenvalue weighted by Crippen LogP contribution is -2.32. The van der Waals surface area contributed by atoms with Gasteiger partial charge in [-0.3, -0.25) is 4.99 Å². The molecule has 1 aromatic carbocycles. The molecular weight excluding hydrogens is 322 g/mol. The second-order valence-electron chi connectivity index (χ2n) is 4.18. The van der Waals surface area contributed by atoms with Crippen molar-refractivity contribution in [3.63, 3.8) is 0 Å². The number of hydrogen-bond acceptors (Lipinski definition) is 2. The third-order valence-electron chi connectivity index (χ3n) is 2.48. The van der Waals surface area contributed by atoms with Gasteiger partial charge in [-0.2, -0.15) is 0 Å². The molecule has 0 atom stereocenters. The highest BCUT2D eigenvalue weighted by Crippen LogP contribution is 2.27. The van der Waals surface area contributed by atoms with Gasteiger partial charge in [0.05, 0.1) is 0 Å². The predicted molar refractivity (Wildman–Crippen MR) is 88.9 cm³/mol. The lowest BCUT2D eigenvalue weighted by molar-refractivity contribution is 0.752. The zero-order valence-corrected chi connectivity index (χ0v) is 13.8. The van der Waals surface area contributed by atoms with E-state index in [1.54, 1.807) is 0 Å². The Morgan fingerprint density at radius 3 is 2.89 bits per heavy atom. The van der Waals surface area contributed by atoms with E-state index in [0.29, 0.717) is 5.96 Å². The van der Waals surface area contributed by atoms with Crippen molar-refractivity contribution >= 4 is 33.7 Å².